The quantitative estimate of drug-likeness (QED) is 0.634. The molecule has 0 saturated heterocycles. The lowest BCUT2D eigenvalue weighted by Crippen LogP contribution is -2.01. The molecular weight excluding hydrogens is 168 g/mol. The highest BCUT2D eigenvalue weighted by atomic mass is 16.5. The van der Waals surface area contributed by atoms with E-state index in [0.717, 1.165) is 11.5 Å². The normalized spacial score (nSPS) is 8.85. The maximum absolute atomic E-state index is 9.22. The van der Waals surface area contributed by atoms with Crippen molar-refractivity contribution in [3.8, 4) is 11.5 Å². The molecule has 1 amide bonds. The molecule has 4 N–H and O–H groups in total. The molecule has 72 valence electrons. The summed E-state index contributed by atoms with van der Waals surface area (Å²) < 4.78 is 5.01. The summed E-state index contributed by atoms with van der Waals surface area (Å²) in [6.45, 7) is 1.31. The minimum atomic E-state index is -0.333. The zero-order chi connectivity index (χ0) is 10.3. The molecule has 0 aliphatic carbocycles. The van der Waals surface area contributed by atoms with Gasteiger partial charge in [0.15, 0.2) is 0 Å². The van der Waals surface area contributed by atoms with E-state index < -0.39 is 0 Å². The van der Waals surface area contributed by atoms with Crippen LogP contribution in [0.25, 0.3) is 0 Å². The van der Waals surface area contributed by atoms with Crippen molar-refractivity contribution in [1.29, 1.82) is 0 Å². The lowest BCUT2D eigenvalue weighted by atomic mass is 10.2. The van der Waals surface area contributed by atoms with Crippen molar-refractivity contribution in [1.82, 2.24) is 0 Å². The molecule has 2 heterocycles. The largest absolute Gasteiger partial charge is 0.457 e. The molecule has 0 aromatic heterocycles. The number of ether oxygens (including phenoxy) is 1. The molecular formula is C9H14N2O2. The summed E-state index contributed by atoms with van der Waals surface area (Å²) >= 11 is 0. The molecule has 0 unspecified atom stereocenters. The van der Waals surface area contributed by atoms with Crippen molar-refractivity contribution >= 4 is 5.91 Å². The summed E-state index contributed by atoms with van der Waals surface area (Å²) in [5.74, 6) is 1.63. The lowest BCUT2D eigenvalue weighted by Gasteiger charge is -2.13. The minimum Gasteiger partial charge on any atom is -0.457 e. The predicted molar refractivity (Wildman–Crippen MR) is 51.5 cm³/mol. The Hall–Kier alpha value is -1.55. The van der Waals surface area contributed by atoms with E-state index in [9.17, 15) is 4.79 Å². The zero-order valence-corrected chi connectivity index (χ0v) is 7.78. The van der Waals surface area contributed by atoms with E-state index in [1.165, 1.54) is 14.0 Å². The van der Waals surface area contributed by atoms with Crippen molar-refractivity contribution < 1.29 is 9.53 Å². The summed E-state index contributed by atoms with van der Waals surface area (Å²) in [4.78, 5) is 9.22. The van der Waals surface area contributed by atoms with Crippen LogP contribution in [0, 0.1) is 0 Å². The number of nitrogens with two attached hydrogens (primary N) is 2. The number of fused-ring (bicyclic) bond motifs is 2. The van der Waals surface area contributed by atoms with E-state index in [0.29, 0.717) is 0 Å². The molecule has 3 rings (SSSR count). The van der Waals surface area contributed by atoms with Gasteiger partial charge in [0.25, 0.3) is 0 Å². The number of carbonyl (C=O) groups excluding carboxylic acids is 1. The highest BCUT2D eigenvalue weighted by molar-refractivity contribution is 5.70. The number of hydrogen-bond donors (Lipinski definition) is 2. The second-order valence-electron chi connectivity index (χ2n) is 2.19. The Morgan fingerprint density at radius 2 is 1.62 bits per heavy atom. The zero-order valence-electron chi connectivity index (χ0n) is 7.78. The van der Waals surface area contributed by atoms with Crippen LogP contribution in [0.2, 0.25) is 0 Å². The van der Waals surface area contributed by atoms with Crippen LogP contribution in [-0.2, 0) is 4.79 Å². The summed E-state index contributed by atoms with van der Waals surface area (Å²) in [7, 11) is 1.50. The van der Waals surface area contributed by atoms with Crippen molar-refractivity contribution in [2.45, 2.75) is 6.92 Å². The first kappa shape index (κ1) is 11.4. The number of benzene rings is 1. The molecule has 1 aromatic rings. The average molecular weight is 182 g/mol. The van der Waals surface area contributed by atoms with Gasteiger partial charge in [0.2, 0.25) is 5.91 Å². The van der Waals surface area contributed by atoms with Gasteiger partial charge in [-0.1, -0.05) is 6.07 Å². The molecule has 0 radical (unpaired) electrons. The van der Waals surface area contributed by atoms with Crippen LogP contribution in [-0.4, -0.2) is 13.0 Å². The van der Waals surface area contributed by atoms with Gasteiger partial charge in [-0.15, -0.1) is 0 Å². The smallest absolute Gasteiger partial charge is 0.214 e. The summed E-state index contributed by atoms with van der Waals surface area (Å²) in [6, 6.07) is 7.86. The van der Waals surface area contributed by atoms with E-state index in [1.807, 2.05) is 24.3 Å². The maximum Gasteiger partial charge on any atom is 0.214 e. The average Bonchev–Trinajstić information content (AvgIpc) is 2.07. The van der Waals surface area contributed by atoms with Crippen LogP contribution < -0.4 is 16.2 Å². The third-order valence-corrected chi connectivity index (χ3v) is 1.04. The van der Waals surface area contributed by atoms with E-state index >= 15 is 0 Å². The van der Waals surface area contributed by atoms with Crippen LogP contribution >= 0.6 is 0 Å². The van der Waals surface area contributed by atoms with Gasteiger partial charge in [0.1, 0.15) is 11.5 Å². The fraction of sp³-hybridized carbons (Fsp3) is 0.222. The Balaban J connectivity index is 0.000000211. The van der Waals surface area contributed by atoms with Gasteiger partial charge in [-0.2, -0.15) is 0 Å². The molecule has 4 nitrogen and oxygen atoms in total. The maximum atomic E-state index is 9.22. The number of carbonyl (C=O) groups is 1. The second-order valence-corrected chi connectivity index (χ2v) is 2.19. The van der Waals surface area contributed by atoms with E-state index in [-0.39, 0.29) is 5.91 Å². The fourth-order valence-corrected chi connectivity index (χ4v) is 0.679. The summed E-state index contributed by atoms with van der Waals surface area (Å²) in [5, 5.41) is 0. The number of amides is 1. The van der Waals surface area contributed by atoms with Crippen LogP contribution in [0.1, 0.15) is 6.92 Å². The second kappa shape index (κ2) is 6.02. The van der Waals surface area contributed by atoms with Gasteiger partial charge in [0, 0.05) is 13.0 Å². The molecule has 1 aromatic carbocycles. The Kier molecular flexibility index (Phi) is 5.30. The van der Waals surface area contributed by atoms with Gasteiger partial charge in [-0.3, -0.25) is 4.79 Å². The van der Waals surface area contributed by atoms with E-state index in [4.69, 9.17) is 4.74 Å². The van der Waals surface area contributed by atoms with Crippen LogP contribution in [0.4, 0.5) is 0 Å². The monoisotopic (exact) mass is 182 g/mol. The first-order valence-electron chi connectivity index (χ1n) is 3.80. The molecule has 0 fully saturated rings. The number of primary amides is 1. The highest BCUT2D eigenvalue weighted by Crippen LogP contribution is 2.32. The van der Waals surface area contributed by atoms with Gasteiger partial charge < -0.3 is 16.2 Å². The fourth-order valence-electron chi connectivity index (χ4n) is 0.679. The van der Waals surface area contributed by atoms with E-state index in [2.05, 4.69) is 11.5 Å². The molecule has 2 aliphatic heterocycles. The molecule has 13 heavy (non-hydrogen) atoms. The summed E-state index contributed by atoms with van der Waals surface area (Å²) in [5.41, 5.74) is 8.97. The molecule has 4 heteroatoms. The third-order valence-electron chi connectivity index (χ3n) is 1.04. The topological polar surface area (TPSA) is 78.3 Å². The van der Waals surface area contributed by atoms with Crippen LogP contribution in [0.15, 0.2) is 24.3 Å². The van der Waals surface area contributed by atoms with Gasteiger partial charge in [-0.05, 0) is 19.2 Å². The SMILES string of the molecule is CC(N)=O.CN.c1cc2cc(c1)O2. The minimum absolute atomic E-state index is 0.333. The first-order valence-corrected chi connectivity index (χ1v) is 3.80. The van der Waals surface area contributed by atoms with Crippen LogP contribution in [0.5, 0.6) is 11.5 Å². The number of rotatable bonds is 0. The van der Waals surface area contributed by atoms with Gasteiger partial charge in [-0.25, -0.2) is 0 Å². The molecule has 0 saturated carbocycles. The predicted octanol–water partition coefficient (Wildman–Crippen LogP) is 0.859. The Morgan fingerprint density at radius 1 is 1.31 bits per heavy atom. The van der Waals surface area contributed by atoms with Crippen molar-refractivity contribution in [3.05, 3.63) is 24.3 Å². The van der Waals surface area contributed by atoms with Crippen molar-refractivity contribution in [2.75, 3.05) is 7.05 Å². The molecule has 0 atom stereocenters. The Bertz CT molecular complexity index is 245. The van der Waals surface area contributed by atoms with Crippen molar-refractivity contribution in [2.24, 2.45) is 11.5 Å². The van der Waals surface area contributed by atoms with E-state index in [1.54, 1.807) is 0 Å². The first-order chi connectivity index (χ1) is 6.18. The third kappa shape index (κ3) is 4.81. The Morgan fingerprint density at radius 3 is 1.69 bits per heavy atom. The molecule has 2 bridgehead atoms. The molecule has 0 spiro atoms. The highest BCUT2D eigenvalue weighted by Gasteiger charge is 2.05. The van der Waals surface area contributed by atoms with Crippen LogP contribution in [0.3, 0.4) is 0 Å². The Labute approximate surface area is 77.5 Å². The van der Waals surface area contributed by atoms with Gasteiger partial charge in [0.05, 0.1) is 0 Å². The van der Waals surface area contributed by atoms with Crippen molar-refractivity contribution in [3.63, 3.8) is 0 Å². The van der Waals surface area contributed by atoms with Gasteiger partial charge >= 0.3 is 0 Å². The lowest BCUT2D eigenvalue weighted by molar-refractivity contribution is -0.115. The summed E-state index contributed by atoms with van der Waals surface area (Å²) in [6.07, 6.45) is 0. The standard InChI is InChI=1S/C6H4O.C2H5NO.CH5N/c1-2-5-4-6(3-1)7-5;1-2(3)4;1-2/h1-4H;1H3,(H2,3,4);2H2,1H3. The molecule has 2 aliphatic rings. The number of hydrogen-bond acceptors (Lipinski definition) is 3.